The molecule has 3 nitrogen and oxygen atoms in total. The van der Waals surface area contributed by atoms with E-state index < -0.39 is 23.2 Å². The molecule has 16 heavy (non-hydrogen) atoms. The molecule has 0 saturated carbocycles. The highest BCUT2D eigenvalue weighted by atomic mass is 28.4. The largest absolute Gasteiger partial charge is 0.411 e. The van der Waals surface area contributed by atoms with Gasteiger partial charge in [0, 0.05) is 0 Å². The number of hydrogen-bond donors (Lipinski definition) is 1. The van der Waals surface area contributed by atoms with Crippen molar-refractivity contribution in [1.82, 2.24) is 0 Å². The van der Waals surface area contributed by atoms with Gasteiger partial charge in [0.25, 0.3) is 0 Å². The molecule has 2 atom stereocenters. The van der Waals surface area contributed by atoms with Crippen molar-refractivity contribution in [3.05, 3.63) is 12.2 Å². The van der Waals surface area contributed by atoms with Crippen molar-refractivity contribution in [3.63, 3.8) is 0 Å². The van der Waals surface area contributed by atoms with E-state index in [1.54, 1.807) is 6.55 Å². The first-order valence-electron chi connectivity index (χ1n) is 5.81. The summed E-state index contributed by atoms with van der Waals surface area (Å²) in [5.41, 5.74) is 0.825. The third-order valence-corrected chi connectivity index (χ3v) is 5.01. The van der Waals surface area contributed by atoms with Gasteiger partial charge in [-0.15, -0.1) is 0 Å². The Morgan fingerprint density at radius 1 is 1.25 bits per heavy atom. The van der Waals surface area contributed by atoms with E-state index in [4.69, 9.17) is 8.85 Å². The van der Waals surface area contributed by atoms with Crippen LogP contribution in [0.5, 0.6) is 0 Å². The summed E-state index contributed by atoms with van der Waals surface area (Å²) in [6.45, 7) is 15.9. The maximum absolute atomic E-state index is 10.1. The average Bonchev–Trinajstić information content (AvgIpc) is 1.98. The van der Waals surface area contributed by atoms with Gasteiger partial charge in [0.2, 0.25) is 0 Å². The van der Waals surface area contributed by atoms with Crippen LogP contribution in [0.15, 0.2) is 12.2 Å². The molecule has 0 spiro atoms. The molecule has 0 bridgehead atoms. The van der Waals surface area contributed by atoms with Gasteiger partial charge in [-0.3, -0.25) is 0 Å². The maximum Gasteiger partial charge on any atom is 0.334 e. The summed E-state index contributed by atoms with van der Waals surface area (Å²) in [7, 11) is -4.27. The van der Waals surface area contributed by atoms with Crippen LogP contribution in [0.2, 0.25) is 32.2 Å². The molecule has 0 amide bonds. The zero-order valence-corrected chi connectivity index (χ0v) is 13.5. The summed E-state index contributed by atoms with van der Waals surface area (Å²) < 4.78 is 11.6. The van der Waals surface area contributed by atoms with Crippen LogP contribution in [0.25, 0.3) is 0 Å². The Hall–Kier alpha value is 0.0538. The molecule has 5 heteroatoms. The monoisotopic (exact) mass is 262 g/mol. The first-order valence-corrected chi connectivity index (χ1v) is 11.8. The zero-order chi connectivity index (χ0) is 13.0. The molecule has 0 aliphatic heterocycles. The third kappa shape index (κ3) is 7.35. The minimum atomic E-state index is -2.59. The van der Waals surface area contributed by atoms with E-state index in [0.29, 0.717) is 0 Å². The molecule has 0 fully saturated rings. The SMILES string of the molecule is C=C(C)C(O[Si](C)(C)C)O[Si](C)(O)CCC. The van der Waals surface area contributed by atoms with Crippen LogP contribution in [-0.2, 0) is 8.85 Å². The molecular weight excluding hydrogens is 236 g/mol. The summed E-state index contributed by atoms with van der Waals surface area (Å²) in [4.78, 5) is 10.1. The van der Waals surface area contributed by atoms with E-state index in [9.17, 15) is 4.80 Å². The van der Waals surface area contributed by atoms with Crippen molar-refractivity contribution in [1.29, 1.82) is 0 Å². The predicted molar refractivity (Wildman–Crippen MR) is 73.1 cm³/mol. The maximum atomic E-state index is 10.1. The van der Waals surface area contributed by atoms with Gasteiger partial charge in [0.05, 0.1) is 0 Å². The Kier molecular flexibility index (Phi) is 6.13. The van der Waals surface area contributed by atoms with Crippen LogP contribution in [-0.4, -0.2) is 28.0 Å². The lowest BCUT2D eigenvalue weighted by molar-refractivity contribution is 0.00582. The van der Waals surface area contributed by atoms with Crippen LogP contribution in [0.3, 0.4) is 0 Å². The Labute approximate surface area is 102 Å². The molecule has 1 N–H and O–H groups in total. The van der Waals surface area contributed by atoms with Gasteiger partial charge in [0.15, 0.2) is 14.6 Å². The van der Waals surface area contributed by atoms with Crippen molar-refractivity contribution in [2.24, 2.45) is 0 Å². The van der Waals surface area contributed by atoms with Gasteiger partial charge >= 0.3 is 8.56 Å². The van der Waals surface area contributed by atoms with Gasteiger partial charge in [-0.1, -0.05) is 19.9 Å². The second kappa shape index (κ2) is 6.11. The minimum absolute atomic E-state index is 0.445. The van der Waals surface area contributed by atoms with Crippen molar-refractivity contribution in [2.45, 2.75) is 58.8 Å². The summed E-state index contributed by atoms with van der Waals surface area (Å²) >= 11 is 0. The third-order valence-electron chi connectivity index (χ3n) is 1.94. The Morgan fingerprint density at radius 2 is 1.75 bits per heavy atom. The van der Waals surface area contributed by atoms with E-state index >= 15 is 0 Å². The summed E-state index contributed by atoms with van der Waals surface area (Å²) in [6.07, 6.45) is 0.481. The standard InChI is InChI=1S/C11H26O3Si2/c1-8-9-16(7,12)14-11(10(2)3)13-15(4,5)6/h11-12H,2,8-9H2,1,3-7H3. The van der Waals surface area contributed by atoms with Gasteiger partial charge in [0.1, 0.15) is 0 Å². The molecule has 2 unspecified atom stereocenters. The fourth-order valence-electron chi connectivity index (χ4n) is 1.30. The number of rotatable bonds is 7. The fourth-order valence-corrected chi connectivity index (χ4v) is 4.04. The predicted octanol–water partition coefficient (Wildman–Crippen LogP) is 3.23. The normalized spacial score (nSPS) is 17.9. The quantitative estimate of drug-likeness (QED) is 0.435. The van der Waals surface area contributed by atoms with Crippen LogP contribution in [0, 0.1) is 0 Å². The average molecular weight is 262 g/mol. The number of hydrogen-bond acceptors (Lipinski definition) is 3. The molecule has 0 saturated heterocycles. The molecule has 0 aromatic heterocycles. The lowest BCUT2D eigenvalue weighted by Gasteiger charge is -2.32. The fraction of sp³-hybridized carbons (Fsp3) is 0.818. The second-order valence-corrected chi connectivity index (χ2v) is 13.0. The molecule has 0 heterocycles. The van der Waals surface area contributed by atoms with Crippen LogP contribution < -0.4 is 0 Å². The van der Waals surface area contributed by atoms with Crippen molar-refractivity contribution < 1.29 is 13.6 Å². The van der Waals surface area contributed by atoms with E-state index in [1.807, 2.05) is 13.8 Å². The lowest BCUT2D eigenvalue weighted by Crippen LogP contribution is -2.43. The van der Waals surface area contributed by atoms with Crippen LogP contribution in [0.1, 0.15) is 20.3 Å². The topological polar surface area (TPSA) is 38.7 Å². The summed E-state index contributed by atoms with van der Waals surface area (Å²) in [5, 5.41) is 0. The van der Waals surface area contributed by atoms with Gasteiger partial charge in [-0.2, -0.15) is 0 Å². The van der Waals surface area contributed by atoms with E-state index in [2.05, 4.69) is 26.2 Å². The molecule has 0 aliphatic rings. The van der Waals surface area contributed by atoms with Gasteiger partial charge in [-0.25, -0.2) is 0 Å². The van der Waals surface area contributed by atoms with E-state index in [-0.39, 0.29) is 0 Å². The summed E-state index contributed by atoms with van der Waals surface area (Å²) in [6, 6.07) is 0.728. The molecule has 0 aliphatic carbocycles. The first-order chi connectivity index (χ1) is 7.07. The zero-order valence-electron chi connectivity index (χ0n) is 11.5. The van der Waals surface area contributed by atoms with Crippen molar-refractivity contribution in [2.75, 3.05) is 0 Å². The Bertz CT molecular complexity index is 234. The molecular formula is C11H26O3Si2. The highest BCUT2D eigenvalue weighted by molar-refractivity contribution is 6.70. The smallest absolute Gasteiger partial charge is 0.334 e. The Morgan fingerprint density at radius 3 is 2.06 bits per heavy atom. The summed E-state index contributed by atoms with van der Waals surface area (Å²) in [5.74, 6) is 0. The highest BCUT2D eigenvalue weighted by Crippen LogP contribution is 2.20. The van der Waals surface area contributed by atoms with E-state index in [1.165, 1.54) is 0 Å². The second-order valence-electron chi connectivity index (χ2n) is 5.45. The molecule has 0 rings (SSSR count). The Balaban J connectivity index is 4.51. The molecule has 96 valence electrons. The van der Waals surface area contributed by atoms with Crippen molar-refractivity contribution >= 4 is 16.9 Å². The lowest BCUT2D eigenvalue weighted by atomic mass is 10.3. The van der Waals surface area contributed by atoms with E-state index in [0.717, 1.165) is 18.0 Å². The van der Waals surface area contributed by atoms with Gasteiger partial charge < -0.3 is 13.6 Å². The highest BCUT2D eigenvalue weighted by Gasteiger charge is 2.32. The van der Waals surface area contributed by atoms with Crippen molar-refractivity contribution in [3.8, 4) is 0 Å². The van der Waals surface area contributed by atoms with Gasteiger partial charge in [-0.05, 0) is 44.7 Å². The molecule has 0 radical (unpaired) electrons. The first kappa shape index (κ1) is 16.1. The van der Waals surface area contributed by atoms with Crippen LogP contribution in [0.4, 0.5) is 0 Å². The minimum Gasteiger partial charge on any atom is -0.411 e. The molecule has 0 aromatic carbocycles. The van der Waals surface area contributed by atoms with Crippen LogP contribution >= 0.6 is 0 Å². The molecule has 0 aromatic rings.